The molecule has 1 amide bonds. The van der Waals surface area contributed by atoms with Crippen molar-refractivity contribution in [3.63, 3.8) is 0 Å². The van der Waals surface area contributed by atoms with E-state index in [9.17, 15) is 4.79 Å². The molecule has 16 heavy (non-hydrogen) atoms. The number of hydrogen-bond acceptors (Lipinski definition) is 5. The lowest BCUT2D eigenvalue weighted by Gasteiger charge is -2.19. The lowest BCUT2D eigenvalue weighted by Crippen LogP contribution is -2.32. The maximum absolute atomic E-state index is 11.3. The van der Waals surface area contributed by atoms with Gasteiger partial charge in [0.15, 0.2) is 0 Å². The lowest BCUT2D eigenvalue weighted by molar-refractivity contribution is 0.0523. The minimum atomic E-state index is -0.497. The fourth-order valence-corrected chi connectivity index (χ4v) is 1.69. The number of thiazole rings is 1. The highest BCUT2D eigenvalue weighted by Crippen LogP contribution is 2.12. The van der Waals surface area contributed by atoms with E-state index in [-0.39, 0.29) is 6.61 Å². The molecule has 0 aliphatic carbocycles. The second kappa shape index (κ2) is 5.27. The Kier molecular flexibility index (Phi) is 4.26. The third kappa shape index (κ3) is 4.59. The summed E-state index contributed by atoms with van der Waals surface area (Å²) >= 11 is 1.36. The normalized spacial score (nSPS) is 11.2. The van der Waals surface area contributed by atoms with Gasteiger partial charge in [-0.3, -0.25) is 0 Å². The van der Waals surface area contributed by atoms with Crippen molar-refractivity contribution in [2.75, 3.05) is 0 Å². The summed E-state index contributed by atoms with van der Waals surface area (Å²) in [5, 5.41) is 12.2. The van der Waals surface area contributed by atoms with E-state index in [1.165, 1.54) is 11.3 Å². The quantitative estimate of drug-likeness (QED) is 0.848. The zero-order valence-corrected chi connectivity index (χ0v) is 10.4. The number of carbonyl (C=O) groups is 1. The molecule has 5 nitrogen and oxygen atoms in total. The second-order valence-electron chi connectivity index (χ2n) is 4.23. The molecule has 0 aliphatic heterocycles. The van der Waals surface area contributed by atoms with E-state index in [2.05, 4.69) is 10.3 Å². The van der Waals surface area contributed by atoms with Crippen LogP contribution in [-0.4, -0.2) is 21.8 Å². The van der Waals surface area contributed by atoms with Gasteiger partial charge in [0.2, 0.25) is 0 Å². The number of amides is 1. The van der Waals surface area contributed by atoms with E-state index in [0.29, 0.717) is 6.54 Å². The average Bonchev–Trinajstić information content (AvgIpc) is 2.59. The molecule has 0 saturated heterocycles. The highest BCUT2D eigenvalue weighted by atomic mass is 32.1. The summed E-state index contributed by atoms with van der Waals surface area (Å²) in [6, 6.07) is 0. The van der Waals surface area contributed by atoms with Gasteiger partial charge >= 0.3 is 6.09 Å². The van der Waals surface area contributed by atoms with E-state index in [0.717, 1.165) is 9.88 Å². The Balaban J connectivity index is 2.37. The number of carbonyl (C=O) groups excluding carboxylic acids is 1. The lowest BCUT2D eigenvalue weighted by atomic mass is 10.2. The molecule has 0 saturated carbocycles. The van der Waals surface area contributed by atoms with Gasteiger partial charge in [-0.15, -0.1) is 11.3 Å². The summed E-state index contributed by atoms with van der Waals surface area (Å²) in [7, 11) is 0. The molecule has 0 spiro atoms. The smallest absolute Gasteiger partial charge is 0.408 e. The number of nitrogens with zero attached hydrogens (tertiary/aromatic N) is 1. The number of hydrogen-bond donors (Lipinski definition) is 2. The Morgan fingerprint density at radius 2 is 2.31 bits per heavy atom. The predicted molar refractivity (Wildman–Crippen MR) is 61.1 cm³/mol. The standard InChI is InChI=1S/C10H16N2O3S/c1-10(2,3)15-9(14)12-5-8-11-4-7(6-13)16-8/h4,13H,5-6H2,1-3H3,(H,12,14). The summed E-state index contributed by atoms with van der Waals surface area (Å²) in [5.41, 5.74) is -0.497. The fourth-order valence-electron chi connectivity index (χ4n) is 0.965. The first-order chi connectivity index (χ1) is 7.40. The number of aromatic nitrogens is 1. The maximum atomic E-state index is 11.3. The second-order valence-corrected chi connectivity index (χ2v) is 5.43. The number of alkyl carbamates (subject to hydrolysis) is 1. The fraction of sp³-hybridized carbons (Fsp3) is 0.600. The van der Waals surface area contributed by atoms with Gasteiger partial charge in [0, 0.05) is 6.20 Å². The number of nitrogens with one attached hydrogen (secondary N) is 1. The summed E-state index contributed by atoms with van der Waals surface area (Å²) in [6.45, 7) is 5.71. The van der Waals surface area contributed by atoms with Crippen LogP contribution < -0.4 is 5.32 Å². The number of aliphatic hydroxyl groups is 1. The first kappa shape index (κ1) is 12.9. The Labute approximate surface area is 98.5 Å². The zero-order chi connectivity index (χ0) is 12.2. The average molecular weight is 244 g/mol. The molecule has 0 unspecified atom stereocenters. The minimum absolute atomic E-state index is 0.0237. The van der Waals surface area contributed by atoms with E-state index in [4.69, 9.17) is 9.84 Å². The van der Waals surface area contributed by atoms with E-state index >= 15 is 0 Å². The monoisotopic (exact) mass is 244 g/mol. The molecule has 0 fully saturated rings. The summed E-state index contributed by atoms with van der Waals surface area (Å²) in [6.07, 6.45) is 1.13. The molecule has 90 valence electrons. The molecule has 0 radical (unpaired) electrons. The largest absolute Gasteiger partial charge is 0.444 e. The van der Waals surface area contributed by atoms with Gasteiger partial charge in [0.25, 0.3) is 0 Å². The van der Waals surface area contributed by atoms with Crippen molar-refractivity contribution < 1.29 is 14.6 Å². The summed E-state index contributed by atoms with van der Waals surface area (Å²) < 4.78 is 5.07. The van der Waals surface area contributed by atoms with Gasteiger partial charge in [-0.25, -0.2) is 9.78 Å². The SMILES string of the molecule is CC(C)(C)OC(=O)NCc1ncc(CO)s1. The number of rotatable bonds is 3. The minimum Gasteiger partial charge on any atom is -0.444 e. The van der Waals surface area contributed by atoms with Crippen molar-refractivity contribution >= 4 is 17.4 Å². The Hall–Kier alpha value is -1.14. The van der Waals surface area contributed by atoms with E-state index in [1.807, 2.05) is 0 Å². The molecule has 0 bridgehead atoms. The van der Waals surface area contributed by atoms with Gasteiger partial charge < -0.3 is 15.2 Å². The van der Waals surface area contributed by atoms with Crippen LogP contribution in [0.2, 0.25) is 0 Å². The van der Waals surface area contributed by atoms with Crippen LogP contribution in [0.4, 0.5) is 4.79 Å². The Morgan fingerprint density at radius 1 is 1.62 bits per heavy atom. The number of ether oxygens (including phenoxy) is 1. The van der Waals surface area contributed by atoms with Crippen LogP contribution in [-0.2, 0) is 17.9 Å². The predicted octanol–water partition coefficient (Wildman–Crippen LogP) is 1.66. The first-order valence-electron chi connectivity index (χ1n) is 4.92. The van der Waals surface area contributed by atoms with Crippen LogP contribution in [0.5, 0.6) is 0 Å². The molecule has 6 heteroatoms. The first-order valence-corrected chi connectivity index (χ1v) is 5.73. The van der Waals surface area contributed by atoms with E-state index in [1.54, 1.807) is 27.0 Å². The van der Waals surface area contributed by atoms with Crippen molar-refractivity contribution in [2.45, 2.75) is 39.5 Å². The Morgan fingerprint density at radius 3 is 2.81 bits per heavy atom. The van der Waals surface area contributed by atoms with Crippen LogP contribution in [0.3, 0.4) is 0 Å². The molecule has 0 aliphatic rings. The Bertz CT molecular complexity index is 357. The van der Waals surface area contributed by atoms with Crippen LogP contribution in [0.25, 0.3) is 0 Å². The van der Waals surface area contributed by atoms with E-state index < -0.39 is 11.7 Å². The van der Waals surface area contributed by atoms with Crippen molar-refractivity contribution in [1.29, 1.82) is 0 Å². The van der Waals surface area contributed by atoms with Gasteiger partial charge in [0.05, 0.1) is 18.0 Å². The molecule has 0 atom stereocenters. The van der Waals surface area contributed by atoms with Crippen LogP contribution in [0, 0.1) is 0 Å². The van der Waals surface area contributed by atoms with Crippen molar-refractivity contribution in [2.24, 2.45) is 0 Å². The van der Waals surface area contributed by atoms with Gasteiger partial charge in [0.1, 0.15) is 10.6 Å². The van der Waals surface area contributed by atoms with Gasteiger partial charge in [-0.1, -0.05) is 0 Å². The molecular formula is C10H16N2O3S. The third-order valence-electron chi connectivity index (χ3n) is 1.54. The molecular weight excluding hydrogens is 228 g/mol. The third-order valence-corrected chi connectivity index (χ3v) is 2.52. The van der Waals surface area contributed by atoms with Crippen LogP contribution in [0.1, 0.15) is 30.7 Å². The molecule has 1 rings (SSSR count). The molecule has 1 aromatic heterocycles. The maximum Gasteiger partial charge on any atom is 0.408 e. The zero-order valence-electron chi connectivity index (χ0n) is 9.61. The van der Waals surface area contributed by atoms with Crippen molar-refractivity contribution in [3.05, 3.63) is 16.1 Å². The molecule has 2 N–H and O–H groups in total. The molecule has 1 heterocycles. The van der Waals surface area contributed by atoms with Gasteiger partial charge in [-0.2, -0.15) is 0 Å². The molecule has 0 aromatic carbocycles. The topological polar surface area (TPSA) is 71.5 Å². The summed E-state index contributed by atoms with van der Waals surface area (Å²) in [4.78, 5) is 16.1. The highest BCUT2D eigenvalue weighted by Gasteiger charge is 2.15. The van der Waals surface area contributed by atoms with Crippen molar-refractivity contribution in [1.82, 2.24) is 10.3 Å². The number of aliphatic hydroxyl groups excluding tert-OH is 1. The van der Waals surface area contributed by atoms with Gasteiger partial charge in [-0.05, 0) is 20.8 Å². The highest BCUT2D eigenvalue weighted by molar-refractivity contribution is 7.11. The summed E-state index contributed by atoms with van der Waals surface area (Å²) in [5.74, 6) is 0. The molecule has 1 aromatic rings. The van der Waals surface area contributed by atoms with Crippen LogP contribution >= 0.6 is 11.3 Å². The van der Waals surface area contributed by atoms with Crippen molar-refractivity contribution in [3.8, 4) is 0 Å². The van der Waals surface area contributed by atoms with Crippen LogP contribution in [0.15, 0.2) is 6.20 Å².